The molecule has 0 aromatic rings. The zero-order valence-electron chi connectivity index (χ0n) is 10.1. The SMILES string of the molecule is CCC(C)(OC)C(=O)NC1(C)CCNC1. The van der Waals surface area contributed by atoms with Crippen molar-refractivity contribution in [3.05, 3.63) is 0 Å². The first kappa shape index (κ1) is 12.5. The van der Waals surface area contributed by atoms with Crippen LogP contribution in [0.25, 0.3) is 0 Å². The average molecular weight is 214 g/mol. The quantitative estimate of drug-likeness (QED) is 0.723. The second kappa shape index (κ2) is 4.49. The van der Waals surface area contributed by atoms with Crippen LogP contribution < -0.4 is 10.6 Å². The number of rotatable bonds is 4. The average Bonchev–Trinajstić information content (AvgIpc) is 2.63. The molecule has 1 heterocycles. The van der Waals surface area contributed by atoms with Gasteiger partial charge in [-0.05, 0) is 33.2 Å². The van der Waals surface area contributed by atoms with Crippen molar-refractivity contribution >= 4 is 5.91 Å². The normalized spacial score (nSPS) is 29.9. The third-order valence-corrected chi connectivity index (χ3v) is 3.39. The highest BCUT2D eigenvalue weighted by atomic mass is 16.5. The number of ether oxygens (including phenoxy) is 1. The first-order valence-corrected chi connectivity index (χ1v) is 5.54. The molecule has 1 rings (SSSR count). The Morgan fingerprint density at radius 1 is 1.67 bits per heavy atom. The van der Waals surface area contributed by atoms with Crippen LogP contribution in [-0.2, 0) is 9.53 Å². The molecule has 4 heteroatoms. The van der Waals surface area contributed by atoms with Crippen LogP contribution in [0.3, 0.4) is 0 Å². The molecule has 0 radical (unpaired) electrons. The fourth-order valence-electron chi connectivity index (χ4n) is 1.73. The van der Waals surface area contributed by atoms with Gasteiger partial charge < -0.3 is 15.4 Å². The molecule has 2 N–H and O–H groups in total. The zero-order valence-corrected chi connectivity index (χ0v) is 10.1. The van der Waals surface area contributed by atoms with Crippen molar-refractivity contribution in [1.82, 2.24) is 10.6 Å². The topological polar surface area (TPSA) is 50.4 Å². The van der Waals surface area contributed by atoms with Crippen LogP contribution in [0.5, 0.6) is 0 Å². The largest absolute Gasteiger partial charge is 0.369 e. The molecule has 0 aromatic carbocycles. The van der Waals surface area contributed by atoms with Crippen molar-refractivity contribution in [2.24, 2.45) is 0 Å². The fourth-order valence-corrected chi connectivity index (χ4v) is 1.73. The molecule has 2 unspecified atom stereocenters. The van der Waals surface area contributed by atoms with E-state index in [4.69, 9.17) is 4.74 Å². The van der Waals surface area contributed by atoms with Gasteiger partial charge in [0, 0.05) is 13.7 Å². The van der Waals surface area contributed by atoms with Gasteiger partial charge in [0.25, 0.3) is 5.91 Å². The van der Waals surface area contributed by atoms with Crippen LogP contribution >= 0.6 is 0 Å². The highest BCUT2D eigenvalue weighted by Crippen LogP contribution is 2.19. The van der Waals surface area contributed by atoms with E-state index in [0.717, 1.165) is 19.5 Å². The zero-order chi connectivity index (χ0) is 11.5. The molecule has 0 spiro atoms. The molecule has 0 bridgehead atoms. The smallest absolute Gasteiger partial charge is 0.252 e. The molecule has 1 fully saturated rings. The fraction of sp³-hybridized carbons (Fsp3) is 0.909. The van der Waals surface area contributed by atoms with Gasteiger partial charge >= 0.3 is 0 Å². The highest BCUT2D eigenvalue weighted by molar-refractivity contribution is 5.85. The summed E-state index contributed by atoms with van der Waals surface area (Å²) < 4.78 is 5.27. The number of carbonyl (C=O) groups is 1. The minimum Gasteiger partial charge on any atom is -0.369 e. The molecule has 15 heavy (non-hydrogen) atoms. The summed E-state index contributed by atoms with van der Waals surface area (Å²) in [6.45, 7) is 7.65. The summed E-state index contributed by atoms with van der Waals surface area (Å²) in [5.41, 5.74) is -0.822. The second-order valence-corrected chi connectivity index (χ2v) is 4.73. The lowest BCUT2D eigenvalue weighted by atomic mass is 9.97. The second-order valence-electron chi connectivity index (χ2n) is 4.73. The van der Waals surface area contributed by atoms with Crippen LogP contribution in [0, 0.1) is 0 Å². The van der Waals surface area contributed by atoms with Crippen LogP contribution in [-0.4, -0.2) is 37.2 Å². The molecule has 1 saturated heterocycles. The van der Waals surface area contributed by atoms with Crippen LogP contribution in [0.15, 0.2) is 0 Å². The molecular formula is C11H22N2O2. The maximum Gasteiger partial charge on any atom is 0.252 e. The van der Waals surface area contributed by atoms with Crippen LogP contribution in [0.4, 0.5) is 0 Å². The van der Waals surface area contributed by atoms with Crippen LogP contribution in [0.2, 0.25) is 0 Å². The van der Waals surface area contributed by atoms with Crippen molar-refractivity contribution in [1.29, 1.82) is 0 Å². The third-order valence-electron chi connectivity index (χ3n) is 3.39. The molecule has 1 aliphatic rings. The molecule has 2 atom stereocenters. The molecular weight excluding hydrogens is 192 g/mol. The number of methoxy groups -OCH3 is 1. The summed E-state index contributed by atoms with van der Waals surface area (Å²) in [6, 6.07) is 0. The van der Waals surface area contributed by atoms with Crippen LogP contribution in [0.1, 0.15) is 33.6 Å². The molecule has 1 amide bonds. The maximum absolute atomic E-state index is 12.0. The number of nitrogens with one attached hydrogen (secondary N) is 2. The number of hydrogen-bond donors (Lipinski definition) is 2. The lowest BCUT2D eigenvalue weighted by Crippen LogP contribution is -2.55. The van der Waals surface area contributed by atoms with E-state index in [0.29, 0.717) is 6.42 Å². The Balaban J connectivity index is 2.61. The Labute approximate surface area is 91.8 Å². The predicted molar refractivity (Wildman–Crippen MR) is 59.7 cm³/mol. The molecule has 0 saturated carbocycles. The predicted octanol–water partition coefficient (Wildman–Crippen LogP) is 0.670. The summed E-state index contributed by atoms with van der Waals surface area (Å²) in [7, 11) is 1.58. The number of carbonyl (C=O) groups excluding carboxylic acids is 1. The maximum atomic E-state index is 12.0. The van der Waals surface area contributed by atoms with Gasteiger partial charge in [-0.1, -0.05) is 6.92 Å². The summed E-state index contributed by atoms with van der Waals surface area (Å²) >= 11 is 0. The van der Waals surface area contributed by atoms with E-state index in [1.165, 1.54) is 0 Å². The first-order valence-electron chi connectivity index (χ1n) is 5.54. The summed E-state index contributed by atoms with van der Waals surface area (Å²) in [4.78, 5) is 12.0. The van der Waals surface area contributed by atoms with Crippen molar-refractivity contribution in [2.45, 2.75) is 44.8 Å². The van der Waals surface area contributed by atoms with E-state index in [1.807, 2.05) is 13.8 Å². The first-order chi connectivity index (χ1) is 6.96. The van der Waals surface area contributed by atoms with E-state index in [9.17, 15) is 4.79 Å². The number of amides is 1. The molecule has 88 valence electrons. The summed E-state index contributed by atoms with van der Waals surface area (Å²) in [6.07, 6.45) is 1.65. The van der Waals surface area contributed by atoms with Gasteiger partial charge in [-0.3, -0.25) is 4.79 Å². The molecule has 0 aromatic heterocycles. The van der Waals surface area contributed by atoms with E-state index in [1.54, 1.807) is 7.11 Å². The van der Waals surface area contributed by atoms with Gasteiger partial charge in [0.05, 0.1) is 5.54 Å². The Morgan fingerprint density at radius 3 is 2.73 bits per heavy atom. The van der Waals surface area contributed by atoms with Crippen molar-refractivity contribution in [3.8, 4) is 0 Å². The van der Waals surface area contributed by atoms with Gasteiger partial charge in [-0.15, -0.1) is 0 Å². The van der Waals surface area contributed by atoms with E-state index >= 15 is 0 Å². The van der Waals surface area contributed by atoms with Gasteiger partial charge in [0.1, 0.15) is 5.60 Å². The Bertz CT molecular complexity index is 231. The number of hydrogen-bond acceptors (Lipinski definition) is 3. The van der Waals surface area contributed by atoms with Gasteiger partial charge in [-0.25, -0.2) is 0 Å². The standard InChI is InChI=1S/C11H22N2O2/c1-5-11(3,15-4)9(14)13-10(2)6-7-12-8-10/h12H,5-8H2,1-4H3,(H,13,14). The lowest BCUT2D eigenvalue weighted by Gasteiger charge is -2.32. The third kappa shape index (κ3) is 2.69. The summed E-state index contributed by atoms with van der Waals surface area (Å²) in [5.74, 6) is -0.0151. The highest BCUT2D eigenvalue weighted by Gasteiger charge is 2.37. The minimum absolute atomic E-state index is 0.0151. The lowest BCUT2D eigenvalue weighted by molar-refractivity contribution is -0.143. The summed E-state index contributed by atoms with van der Waals surface area (Å²) in [5, 5.41) is 6.32. The Hall–Kier alpha value is -0.610. The Kier molecular flexibility index (Phi) is 3.73. The monoisotopic (exact) mass is 214 g/mol. The van der Waals surface area contributed by atoms with Gasteiger partial charge in [-0.2, -0.15) is 0 Å². The van der Waals surface area contributed by atoms with Crippen molar-refractivity contribution < 1.29 is 9.53 Å². The van der Waals surface area contributed by atoms with Gasteiger partial charge in [0.2, 0.25) is 0 Å². The molecule has 0 aliphatic carbocycles. The molecule has 4 nitrogen and oxygen atoms in total. The van der Waals surface area contributed by atoms with E-state index in [-0.39, 0.29) is 11.4 Å². The van der Waals surface area contributed by atoms with Crippen molar-refractivity contribution in [2.75, 3.05) is 20.2 Å². The van der Waals surface area contributed by atoms with Gasteiger partial charge in [0.15, 0.2) is 0 Å². The van der Waals surface area contributed by atoms with Crippen molar-refractivity contribution in [3.63, 3.8) is 0 Å². The van der Waals surface area contributed by atoms with E-state index < -0.39 is 5.60 Å². The van der Waals surface area contributed by atoms with E-state index in [2.05, 4.69) is 17.6 Å². The minimum atomic E-state index is -0.703. The Morgan fingerprint density at radius 2 is 2.33 bits per heavy atom. The molecule has 1 aliphatic heterocycles.